The predicted octanol–water partition coefficient (Wildman–Crippen LogP) is 3.94. The van der Waals surface area contributed by atoms with E-state index in [4.69, 9.17) is 0 Å². The summed E-state index contributed by atoms with van der Waals surface area (Å²) >= 11 is 0. The zero-order chi connectivity index (χ0) is 13.0. The Labute approximate surface area is 111 Å². The monoisotopic (exact) mass is 247 g/mol. The van der Waals surface area contributed by atoms with Gasteiger partial charge in [0.05, 0.1) is 0 Å². The van der Waals surface area contributed by atoms with Crippen molar-refractivity contribution in [2.24, 2.45) is 11.3 Å². The molecule has 2 rings (SSSR count). The normalized spacial score (nSPS) is 21.4. The molecule has 1 fully saturated rings. The Kier molecular flexibility index (Phi) is 4.26. The third kappa shape index (κ3) is 3.04. The Morgan fingerprint density at radius 2 is 2.22 bits per heavy atom. The number of carbonyl (C=O) groups excluding carboxylic acids is 1. The molecule has 2 aliphatic carbocycles. The highest BCUT2D eigenvalue weighted by atomic mass is 16.2. The zero-order valence-corrected chi connectivity index (χ0v) is 11.7. The highest BCUT2D eigenvalue weighted by molar-refractivity contribution is 5.85. The lowest BCUT2D eigenvalue weighted by Gasteiger charge is -2.41. The van der Waals surface area contributed by atoms with Gasteiger partial charge in [-0.1, -0.05) is 32.4 Å². The summed E-state index contributed by atoms with van der Waals surface area (Å²) in [6, 6.07) is 0. The van der Waals surface area contributed by atoms with Gasteiger partial charge >= 0.3 is 0 Å². The van der Waals surface area contributed by atoms with E-state index in [2.05, 4.69) is 25.2 Å². The van der Waals surface area contributed by atoms with Gasteiger partial charge in [-0.15, -0.1) is 0 Å². The molecule has 1 amide bonds. The molecule has 0 aromatic carbocycles. The van der Waals surface area contributed by atoms with E-state index in [0.717, 1.165) is 44.2 Å². The molecule has 0 saturated heterocycles. The van der Waals surface area contributed by atoms with Crippen molar-refractivity contribution in [2.75, 3.05) is 0 Å². The van der Waals surface area contributed by atoms with Gasteiger partial charge in [-0.05, 0) is 50.5 Å². The minimum atomic E-state index is -0.0493. The standard InChI is InChI=1S/C16H25NO/c1-13(2)9-12-16(10-6-11-16)15(18)17-14-7-4-3-5-8-14/h3-4,7,13H,5-6,8-12H2,1-2H3,(H,17,18). The van der Waals surface area contributed by atoms with Crippen LogP contribution >= 0.6 is 0 Å². The van der Waals surface area contributed by atoms with E-state index >= 15 is 0 Å². The molecule has 2 heteroatoms. The fraction of sp³-hybridized carbons (Fsp3) is 0.688. The lowest BCUT2D eigenvalue weighted by Crippen LogP contribution is -2.45. The summed E-state index contributed by atoms with van der Waals surface area (Å²) in [6.45, 7) is 4.47. The fourth-order valence-electron chi connectivity index (χ4n) is 2.74. The predicted molar refractivity (Wildman–Crippen MR) is 75.0 cm³/mol. The average molecular weight is 247 g/mol. The molecule has 0 aromatic rings. The van der Waals surface area contributed by atoms with Gasteiger partial charge in [0.2, 0.25) is 5.91 Å². The van der Waals surface area contributed by atoms with Crippen LogP contribution in [0.15, 0.2) is 23.9 Å². The number of nitrogens with one attached hydrogen (secondary N) is 1. The Bertz CT molecular complexity index is 361. The second kappa shape index (κ2) is 5.73. The van der Waals surface area contributed by atoms with Gasteiger partial charge in [-0.25, -0.2) is 0 Å². The molecule has 0 atom stereocenters. The van der Waals surface area contributed by atoms with Gasteiger partial charge in [0.25, 0.3) is 0 Å². The molecule has 0 aliphatic heterocycles. The van der Waals surface area contributed by atoms with Crippen molar-refractivity contribution >= 4 is 5.91 Å². The molecule has 0 aromatic heterocycles. The van der Waals surface area contributed by atoms with Crippen molar-refractivity contribution in [3.8, 4) is 0 Å². The third-order valence-corrected chi connectivity index (χ3v) is 4.28. The topological polar surface area (TPSA) is 29.1 Å². The van der Waals surface area contributed by atoms with Crippen LogP contribution in [0, 0.1) is 11.3 Å². The van der Waals surface area contributed by atoms with Gasteiger partial charge in [0, 0.05) is 11.1 Å². The molecule has 0 radical (unpaired) electrons. The van der Waals surface area contributed by atoms with E-state index in [1.54, 1.807) is 0 Å². The Hall–Kier alpha value is -1.05. The number of rotatable bonds is 5. The molecule has 2 nitrogen and oxygen atoms in total. The van der Waals surface area contributed by atoms with E-state index in [9.17, 15) is 4.79 Å². The van der Waals surface area contributed by atoms with Crippen LogP contribution in [0.4, 0.5) is 0 Å². The van der Waals surface area contributed by atoms with Crippen LogP contribution in [-0.2, 0) is 4.79 Å². The second-order valence-electron chi connectivity index (χ2n) is 6.18. The molecule has 2 aliphatic rings. The summed E-state index contributed by atoms with van der Waals surface area (Å²) < 4.78 is 0. The van der Waals surface area contributed by atoms with Crippen molar-refractivity contribution in [3.05, 3.63) is 23.9 Å². The maximum atomic E-state index is 12.5. The molecule has 0 unspecified atom stereocenters. The first kappa shape index (κ1) is 13.4. The van der Waals surface area contributed by atoms with Crippen molar-refractivity contribution < 1.29 is 4.79 Å². The first-order valence-electron chi connectivity index (χ1n) is 7.29. The first-order chi connectivity index (χ1) is 8.62. The number of hydrogen-bond acceptors (Lipinski definition) is 1. The Balaban J connectivity index is 1.92. The molecule has 1 N–H and O–H groups in total. The highest BCUT2D eigenvalue weighted by Crippen LogP contribution is 2.45. The van der Waals surface area contributed by atoms with Crippen LogP contribution < -0.4 is 5.32 Å². The summed E-state index contributed by atoms with van der Waals surface area (Å²) in [6.07, 6.45) is 13.8. The molecule has 1 saturated carbocycles. The summed E-state index contributed by atoms with van der Waals surface area (Å²) in [5, 5.41) is 3.16. The highest BCUT2D eigenvalue weighted by Gasteiger charge is 2.43. The molecule has 18 heavy (non-hydrogen) atoms. The second-order valence-corrected chi connectivity index (χ2v) is 6.18. The third-order valence-electron chi connectivity index (χ3n) is 4.28. The lowest BCUT2D eigenvalue weighted by molar-refractivity contribution is -0.136. The molecule has 0 spiro atoms. The summed E-state index contributed by atoms with van der Waals surface area (Å²) in [5.41, 5.74) is 1.05. The van der Waals surface area contributed by atoms with Crippen LogP contribution in [0.1, 0.15) is 58.8 Å². The number of hydrogen-bond donors (Lipinski definition) is 1. The van der Waals surface area contributed by atoms with Gasteiger partial charge in [-0.3, -0.25) is 4.79 Å². The lowest BCUT2D eigenvalue weighted by atomic mass is 9.64. The fourth-order valence-corrected chi connectivity index (χ4v) is 2.74. The molecule has 100 valence electrons. The quantitative estimate of drug-likeness (QED) is 0.783. The molecular formula is C16H25NO. The number of amides is 1. The zero-order valence-electron chi connectivity index (χ0n) is 11.7. The largest absolute Gasteiger partial charge is 0.329 e. The van der Waals surface area contributed by atoms with E-state index in [-0.39, 0.29) is 11.3 Å². The summed E-state index contributed by atoms with van der Waals surface area (Å²) in [5.74, 6) is 0.961. The maximum Gasteiger partial charge on any atom is 0.230 e. The molecule has 0 bridgehead atoms. The minimum absolute atomic E-state index is 0.0493. The van der Waals surface area contributed by atoms with E-state index in [1.165, 1.54) is 6.42 Å². The molecular weight excluding hydrogens is 222 g/mol. The van der Waals surface area contributed by atoms with Crippen molar-refractivity contribution in [3.63, 3.8) is 0 Å². The molecule has 0 heterocycles. The van der Waals surface area contributed by atoms with Gasteiger partial charge in [0.15, 0.2) is 0 Å². The van der Waals surface area contributed by atoms with Crippen LogP contribution in [0.3, 0.4) is 0 Å². The summed E-state index contributed by atoms with van der Waals surface area (Å²) in [4.78, 5) is 12.5. The van der Waals surface area contributed by atoms with E-state index in [0.29, 0.717) is 5.92 Å². The van der Waals surface area contributed by atoms with E-state index in [1.807, 2.05) is 12.2 Å². The summed E-state index contributed by atoms with van der Waals surface area (Å²) in [7, 11) is 0. The average Bonchev–Trinajstić information content (AvgIpc) is 2.28. The van der Waals surface area contributed by atoms with Crippen molar-refractivity contribution in [2.45, 2.75) is 58.8 Å². The van der Waals surface area contributed by atoms with Crippen molar-refractivity contribution in [1.82, 2.24) is 5.32 Å². The van der Waals surface area contributed by atoms with Crippen LogP contribution in [-0.4, -0.2) is 5.91 Å². The van der Waals surface area contributed by atoms with Gasteiger partial charge in [0.1, 0.15) is 0 Å². The van der Waals surface area contributed by atoms with Crippen LogP contribution in [0.5, 0.6) is 0 Å². The first-order valence-corrected chi connectivity index (χ1v) is 7.29. The van der Waals surface area contributed by atoms with Crippen LogP contribution in [0.2, 0.25) is 0 Å². The number of carbonyl (C=O) groups is 1. The number of allylic oxidation sites excluding steroid dienone is 4. The van der Waals surface area contributed by atoms with Gasteiger partial charge < -0.3 is 5.32 Å². The SMILES string of the molecule is CC(C)CCC1(C(=O)NC2=CC=CCC2)CCC1. The van der Waals surface area contributed by atoms with E-state index < -0.39 is 0 Å². The Morgan fingerprint density at radius 3 is 2.72 bits per heavy atom. The van der Waals surface area contributed by atoms with Crippen LogP contribution in [0.25, 0.3) is 0 Å². The maximum absolute atomic E-state index is 12.5. The Morgan fingerprint density at radius 1 is 1.44 bits per heavy atom. The van der Waals surface area contributed by atoms with Gasteiger partial charge in [-0.2, -0.15) is 0 Å². The smallest absolute Gasteiger partial charge is 0.230 e. The van der Waals surface area contributed by atoms with Crippen molar-refractivity contribution in [1.29, 1.82) is 0 Å². The minimum Gasteiger partial charge on any atom is -0.329 e.